The van der Waals surface area contributed by atoms with Gasteiger partial charge in [-0.3, -0.25) is 19.1 Å². The highest BCUT2D eigenvalue weighted by atomic mass is 16.6. The zero-order valence-corrected chi connectivity index (χ0v) is 14.8. The van der Waals surface area contributed by atoms with E-state index in [9.17, 15) is 14.4 Å². The third-order valence-electron chi connectivity index (χ3n) is 4.80. The van der Waals surface area contributed by atoms with Crippen LogP contribution in [0.15, 0.2) is 6.20 Å². The lowest BCUT2D eigenvalue weighted by Crippen LogP contribution is -2.45. The number of amides is 1. The molecule has 0 aromatic carbocycles. The van der Waals surface area contributed by atoms with Crippen LogP contribution in [0.5, 0.6) is 0 Å². The lowest BCUT2D eigenvalue weighted by atomic mass is 9.89. The molecule has 8 heteroatoms. The Labute approximate surface area is 146 Å². The second kappa shape index (κ2) is 6.50. The molecule has 2 aliphatic rings. The number of esters is 2. The zero-order valence-electron chi connectivity index (χ0n) is 14.8. The van der Waals surface area contributed by atoms with Gasteiger partial charge in [-0.1, -0.05) is 0 Å². The highest BCUT2D eigenvalue weighted by Crippen LogP contribution is 2.34. The van der Waals surface area contributed by atoms with Crippen LogP contribution in [0.4, 0.5) is 0 Å². The summed E-state index contributed by atoms with van der Waals surface area (Å²) in [5.74, 6) is -1.19. The molecule has 0 radical (unpaired) electrons. The van der Waals surface area contributed by atoms with E-state index in [1.54, 1.807) is 36.5 Å². The van der Waals surface area contributed by atoms with E-state index in [0.29, 0.717) is 26.1 Å². The topological polar surface area (TPSA) is 90.7 Å². The molecule has 0 bridgehead atoms. The lowest BCUT2D eigenvalue weighted by molar-refractivity contribution is -0.149. The minimum absolute atomic E-state index is 0.0698. The Bertz CT molecular complexity index is 709. The van der Waals surface area contributed by atoms with Crippen LogP contribution in [0.25, 0.3) is 0 Å². The minimum atomic E-state index is -0.775. The van der Waals surface area contributed by atoms with Gasteiger partial charge in [-0.05, 0) is 20.8 Å². The molecule has 1 unspecified atom stereocenters. The monoisotopic (exact) mass is 349 g/mol. The molecule has 1 amide bonds. The number of ether oxygens (including phenoxy) is 2. The lowest BCUT2D eigenvalue weighted by Gasteiger charge is -2.32. The van der Waals surface area contributed by atoms with Gasteiger partial charge in [-0.15, -0.1) is 0 Å². The summed E-state index contributed by atoms with van der Waals surface area (Å²) in [6.07, 6.45) is 2.43. The Morgan fingerprint density at radius 3 is 2.84 bits per heavy atom. The maximum absolute atomic E-state index is 12.8. The first-order chi connectivity index (χ1) is 11.8. The van der Waals surface area contributed by atoms with E-state index in [1.165, 1.54) is 0 Å². The number of carbonyl (C=O) groups is 3. The molecule has 25 heavy (non-hydrogen) atoms. The van der Waals surface area contributed by atoms with Crippen LogP contribution in [0, 0.1) is 5.92 Å². The van der Waals surface area contributed by atoms with Crippen molar-refractivity contribution >= 4 is 17.8 Å². The summed E-state index contributed by atoms with van der Waals surface area (Å²) < 4.78 is 11.9. The van der Waals surface area contributed by atoms with Gasteiger partial charge in [0.15, 0.2) is 0 Å². The second-order valence-corrected chi connectivity index (χ2v) is 6.92. The van der Waals surface area contributed by atoms with E-state index in [4.69, 9.17) is 9.47 Å². The number of fused-ring (bicyclic) bond motifs is 1. The standard InChI is InChI=1S/C17H23N3O5/c1-4-24-15(22)10-20-13-5-6-19(9-11(13)8-18-20)16(23)12-7-14(21)25-17(12,2)3/h8,12H,4-7,9-10H2,1-3H3. The van der Waals surface area contributed by atoms with Crippen molar-refractivity contribution in [3.05, 3.63) is 17.5 Å². The summed E-state index contributed by atoms with van der Waals surface area (Å²) in [6, 6.07) is 0. The van der Waals surface area contributed by atoms with Crippen LogP contribution in [0.3, 0.4) is 0 Å². The van der Waals surface area contributed by atoms with Crippen molar-refractivity contribution in [2.45, 2.75) is 52.3 Å². The highest BCUT2D eigenvalue weighted by molar-refractivity contribution is 5.87. The Hall–Kier alpha value is -2.38. The zero-order chi connectivity index (χ0) is 18.2. The summed E-state index contributed by atoms with van der Waals surface area (Å²) in [5.41, 5.74) is 1.10. The first kappa shape index (κ1) is 17.4. The number of hydrogen-bond donors (Lipinski definition) is 0. The van der Waals surface area contributed by atoms with E-state index in [-0.39, 0.29) is 30.8 Å². The van der Waals surface area contributed by atoms with Crippen molar-refractivity contribution < 1.29 is 23.9 Å². The van der Waals surface area contributed by atoms with Crippen LogP contribution in [0.2, 0.25) is 0 Å². The molecule has 1 aromatic rings. The number of rotatable bonds is 4. The molecule has 1 aromatic heterocycles. The summed E-state index contributed by atoms with van der Waals surface area (Å²) in [6.45, 7) is 6.68. The SMILES string of the molecule is CCOC(=O)Cn1ncc2c1CCN(C(=O)C1CC(=O)OC1(C)C)C2. The van der Waals surface area contributed by atoms with Gasteiger partial charge >= 0.3 is 11.9 Å². The maximum Gasteiger partial charge on any atom is 0.327 e. The van der Waals surface area contributed by atoms with Crippen molar-refractivity contribution in [1.29, 1.82) is 0 Å². The fraction of sp³-hybridized carbons (Fsp3) is 0.647. The van der Waals surface area contributed by atoms with Crippen LogP contribution in [0.1, 0.15) is 38.4 Å². The summed E-state index contributed by atoms with van der Waals surface area (Å²) in [5, 5.41) is 4.25. The third-order valence-corrected chi connectivity index (χ3v) is 4.80. The van der Waals surface area contributed by atoms with E-state index in [0.717, 1.165) is 11.3 Å². The van der Waals surface area contributed by atoms with Gasteiger partial charge in [0.05, 0.1) is 25.1 Å². The molecular weight excluding hydrogens is 326 g/mol. The molecule has 3 heterocycles. The average molecular weight is 349 g/mol. The minimum Gasteiger partial charge on any atom is -0.465 e. The van der Waals surface area contributed by atoms with E-state index in [1.807, 2.05) is 0 Å². The van der Waals surface area contributed by atoms with Crippen molar-refractivity contribution in [2.75, 3.05) is 13.2 Å². The van der Waals surface area contributed by atoms with Crippen LogP contribution in [-0.4, -0.2) is 51.3 Å². The summed E-state index contributed by atoms with van der Waals surface area (Å²) in [7, 11) is 0. The number of hydrogen-bond acceptors (Lipinski definition) is 6. The number of nitrogens with zero attached hydrogens (tertiary/aromatic N) is 3. The number of aromatic nitrogens is 2. The van der Waals surface area contributed by atoms with Gasteiger partial charge in [0.1, 0.15) is 12.1 Å². The smallest absolute Gasteiger partial charge is 0.327 e. The van der Waals surface area contributed by atoms with Crippen LogP contribution >= 0.6 is 0 Å². The molecule has 2 aliphatic heterocycles. The molecule has 136 valence electrons. The highest BCUT2D eigenvalue weighted by Gasteiger charge is 2.47. The number of cyclic esters (lactones) is 1. The predicted octanol–water partition coefficient (Wildman–Crippen LogP) is 0.673. The third kappa shape index (κ3) is 3.38. The molecule has 0 spiro atoms. The normalized spacial score (nSPS) is 21.6. The molecule has 0 aliphatic carbocycles. The molecule has 0 saturated carbocycles. The van der Waals surface area contributed by atoms with Crippen LogP contribution < -0.4 is 0 Å². The quantitative estimate of drug-likeness (QED) is 0.742. The first-order valence-corrected chi connectivity index (χ1v) is 8.51. The molecule has 1 atom stereocenters. The molecule has 0 N–H and O–H groups in total. The molecule has 1 fully saturated rings. The fourth-order valence-corrected chi connectivity index (χ4v) is 3.47. The molecule has 1 saturated heterocycles. The molecular formula is C17H23N3O5. The van der Waals surface area contributed by atoms with Gasteiger partial charge in [-0.2, -0.15) is 5.10 Å². The average Bonchev–Trinajstić information content (AvgIpc) is 3.06. The molecule has 8 nitrogen and oxygen atoms in total. The van der Waals surface area contributed by atoms with Crippen molar-refractivity contribution in [3.63, 3.8) is 0 Å². The predicted molar refractivity (Wildman–Crippen MR) is 86.3 cm³/mol. The second-order valence-electron chi connectivity index (χ2n) is 6.92. The molecule has 3 rings (SSSR count). The Morgan fingerprint density at radius 1 is 1.44 bits per heavy atom. The fourth-order valence-electron chi connectivity index (χ4n) is 3.47. The van der Waals surface area contributed by atoms with Gasteiger partial charge in [0.25, 0.3) is 0 Å². The van der Waals surface area contributed by atoms with Gasteiger partial charge < -0.3 is 14.4 Å². The number of carbonyl (C=O) groups excluding carboxylic acids is 3. The Kier molecular flexibility index (Phi) is 4.53. The van der Waals surface area contributed by atoms with Gasteiger partial charge in [-0.25, -0.2) is 0 Å². The maximum atomic E-state index is 12.8. The van der Waals surface area contributed by atoms with Crippen LogP contribution in [-0.2, 0) is 43.4 Å². The Balaban J connectivity index is 1.70. The van der Waals surface area contributed by atoms with Crippen molar-refractivity contribution in [1.82, 2.24) is 14.7 Å². The van der Waals surface area contributed by atoms with Crippen molar-refractivity contribution in [2.24, 2.45) is 5.92 Å². The van der Waals surface area contributed by atoms with E-state index in [2.05, 4.69) is 5.10 Å². The van der Waals surface area contributed by atoms with Crippen molar-refractivity contribution in [3.8, 4) is 0 Å². The summed E-state index contributed by atoms with van der Waals surface area (Å²) >= 11 is 0. The van der Waals surface area contributed by atoms with E-state index >= 15 is 0 Å². The van der Waals surface area contributed by atoms with Gasteiger partial charge in [0, 0.05) is 30.8 Å². The first-order valence-electron chi connectivity index (χ1n) is 8.51. The summed E-state index contributed by atoms with van der Waals surface area (Å²) in [4.78, 5) is 37.8. The van der Waals surface area contributed by atoms with Gasteiger partial charge in [0.2, 0.25) is 5.91 Å². The van der Waals surface area contributed by atoms with E-state index < -0.39 is 11.5 Å². The Morgan fingerprint density at radius 2 is 2.20 bits per heavy atom. The largest absolute Gasteiger partial charge is 0.465 e.